The number of hydrogen-bond donors (Lipinski definition) is 0. The first kappa shape index (κ1) is 28.1. The third-order valence-corrected chi connectivity index (χ3v) is 8.67. The van der Waals surface area contributed by atoms with E-state index in [1.165, 1.54) is 64.1 Å². The van der Waals surface area contributed by atoms with Crippen LogP contribution in [0.15, 0.2) is 24.4 Å². The van der Waals surface area contributed by atoms with Crippen LogP contribution in [0.1, 0.15) is 51.9 Å². The van der Waals surface area contributed by atoms with Crippen molar-refractivity contribution >= 4 is 33.5 Å². The fourth-order valence-corrected chi connectivity index (χ4v) is 5.96. The minimum atomic E-state index is -0.309. The summed E-state index contributed by atoms with van der Waals surface area (Å²) in [4.78, 5) is 27.8. The first-order valence-corrected chi connectivity index (χ1v) is 14.9. The fraction of sp³-hybridized carbons (Fsp3) is 0.760. The number of carbonyl (C=O) groups excluding carboxylic acids is 2. The van der Waals surface area contributed by atoms with E-state index < -0.39 is 0 Å². The van der Waals surface area contributed by atoms with Crippen LogP contribution in [0.25, 0.3) is 0 Å². The lowest BCUT2D eigenvalue weighted by atomic mass is 9.87. The van der Waals surface area contributed by atoms with Crippen LogP contribution in [0.3, 0.4) is 0 Å². The molecule has 2 aliphatic rings. The van der Waals surface area contributed by atoms with Crippen molar-refractivity contribution < 1.29 is 19.1 Å². The van der Waals surface area contributed by atoms with Gasteiger partial charge in [-0.1, -0.05) is 46.9 Å². The molecule has 0 amide bonds. The Bertz CT molecular complexity index is 614. The molecule has 0 aromatic carbocycles. The van der Waals surface area contributed by atoms with Crippen molar-refractivity contribution in [2.75, 3.05) is 57.9 Å². The Balaban J connectivity index is 1.43. The van der Waals surface area contributed by atoms with Gasteiger partial charge in [0, 0.05) is 42.9 Å². The van der Waals surface area contributed by atoms with Gasteiger partial charge in [0.05, 0.1) is 0 Å². The highest BCUT2D eigenvalue weighted by atomic mass is 33.1. The molecular formula is C25H42N2O4S2. The molecule has 0 bridgehead atoms. The number of allylic oxidation sites excluding steroid dienone is 1. The van der Waals surface area contributed by atoms with Crippen LogP contribution in [-0.4, -0.2) is 79.7 Å². The van der Waals surface area contributed by atoms with Crippen molar-refractivity contribution in [2.24, 2.45) is 11.8 Å². The Morgan fingerprint density at radius 3 is 1.91 bits per heavy atom. The second-order valence-electron chi connectivity index (χ2n) is 8.95. The van der Waals surface area contributed by atoms with Gasteiger partial charge < -0.3 is 19.3 Å². The van der Waals surface area contributed by atoms with Gasteiger partial charge in [0.1, 0.15) is 13.2 Å². The molecule has 0 aliphatic carbocycles. The molecule has 0 radical (unpaired) electrons. The molecule has 0 atom stereocenters. The van der Waals surface area contributed by atoms with Gasteiger partial charge in [0.25, 0.3) is 0 Å². The van der Waals surface area contributed by atoms with Gasteiger partial charge in [0.2, 0.25) is 0 Å². The quantitative estimate of drug-likeness (QED) is 0.147. The summed E-state index contributed by atoms with van der Waals surface area (Å²) >= 11 is 0. The van der Waals surface area contributed by atoms with Crippen molar-refractivity contribution in [3.05, 3.63) is 24.4 Å². The van der Waals surface area contributed by atoms with E-state index in [2.05, 4.69) is 16.8 Å². The lowest BCUT2D eigenvalue weighted by Gasteiger charge is -2.32. The molecule has 0 aromatic rings. The molecular weight excluding hydrogens is 456 g/mol. The van der Waals surface area contributed by atoms with Crippen LogP contribution in [-0.2, 0) is 19.1 Å². The van der Waals surface area contributed by atoms with E-state index in [4.69, 9.17) is 9.47 Å². The molecule has 33 heavy (non-hydrogen) atoms. The van der Waals surface area contributed by atoms with Crippen molar-refractivity contribution in [1.82, 2.24) is 9.80 Å². The van der Waals surface area contributed by atoms with E-state index in [1.807, 2.05) is 6.20 Å². The van der Waals surface area contributed by atoms with Gasteiger partial charge in [-0.2, -0.15) is 0 Å². The number of rotatable bonds is 14. The lowest BCUT2D eigenvalue weighted by Crippen LogP contribution is -2.31. The molecule has 188 valence electrons. The third-order valence-electron chi connectivity index (χ3n) is 6.34. The number of carbonyl (C=O) groups is 2. The molecule has 0 spiro atoms. The standard InChI is InChI=1S/C25H42N2O4S2/c1-3-5-24(28)30-18-20-32-33-21-19-31-25(29)12-17-27-15-10-23(11-16-27)7-4-6-22-8-13-26(2)14-9-22/h3,5,12,17,22-23H,4,6-11,13-16,18-21H2,1-2H3/b5-3+,17-12+. The summed E-state index contributed by atoms with van der Waals surface area (Å²) in [7, 11) is 5.46. The van der Waals surface area contributed by atoms with Gasteiger partial charge >= 0.3 is 11.9 Å². The Hall–Kier alpha value is -1.12. The SMILES string of the molecule is C/C=C/C(=O)OCCSSCCOC(=O)/C=C/N1CCC(CCCC2CCN(C)CC2)CC1. The maximum Gasteiger partial charge on any atom is 0.332 e. The molecule has 2 rings (SSSR count). The topological polar surface area (TPSA) is 59.1 Å². The van der Waals surface area contributed by atoms with E-state index >= 15 is 0 Å². The molecule has 2 heterocycles. The van der Waals surface area contributed by atoms with E-state index in [0.29, 0.717) is 13.2 Å². The number of piperidine rings is 2. The average molecular weight is 499 g/mol. The van der Waals surface area contributed by atoms with Crippen LogP contribution in [0, 0.1) is 11.8 Å². The Labute approximate surface area is 208 Å². The molecule has 0 aromatic heterocycles. The van der Waals surface area contributed by atoms with Gasteiger partial charge in [-0.05, 0) is 64.6 Å². The Morgan fingerprint density at radius 2 is 1.36 bits per heavy atom. The summed E-state index contributed by atoms with van der Waals surface area (Å²) in [5.41, 5.74) is 0. The average Bonchev–Trinajstić information content (AvgIpc) is 2.81. The van der Waals surface area contributed by atoms with Gasteiger partial charge in [0.15, 0.2) is 0 Å². The predicted molar refractivity (Wildman–Crippen MR) is 139 cm³/mol. The normalized spacial score (nSPS) is 18.9. The van der Waals surface area contributed by atoms with E-state index in [9.17, 15) is 9.59 Å². The van der Waals surface area contributed by atoms with Crippen molar-refractivity contribution in [1.29, 1.82) is 0 Å². The number of ether oxygens (including phenoxy) is 2. The summed E-state index contributed by atoms with van der Waals surface area (Å²) in [5, 5.41) is 0. The number of esters is 2. The summed E-state index contributed by atoms with van der Waals surface area (Å²) in [6, 6.07) is 0. The maximum atomic E-state index is 11.9. The van der Waals surface area contributed by atoms with E-state index in [-0.39, 0.29) is 11.9 Å². The highest BCUT2D eigenvalue weighted by Gasteiger charge is 2.19. The molecule has 0 unspecified atom stereocenters. The third kappa shape index (κ3) is 13.4. The van der Waals surface area contributed by atoms with Crippen LogP contribution in [0.2, 0.25) is 0 Å². The van der Waals surface area contributed by atoms with Crippen molar-refractivity contribution in [3.63, 3.8) is 0 Å². The zero-order valence-electron chi connectivity index (χ0n) is 20.4. The smallest absolute Gasteiger partial charge is 0.332 e. The zero-order valence-corrected chi connectivity index (χ0v) is 22.0. The molecule has 0 saturated carbocycles. The van der Waals surface area contributed by atoms with Crippen LogP contribution >= 0.6 is 21.6 Å². The zero-order chi connectivity index (χ0) is 23.7. The molecule has 6 nitrogen and oxygen atoms in total. The maximum absolute atomic E-state index is 11.9. The van der Waals surface area contributed by atoms with Crippen molar-refractivity contribution in [3.8, 4) is 0 Å². The van der Waals surface area contributed by atoms with Gasteiger partial charge in [-0.3, -0.25) is 0 Å². The minimum Gasteiger partial charge on any atom is -0.462 e. The second-order valence-corrected chi connectivity index (χ2v) is 11.7. The number of nitrogens with zero attached hydrogens (tertiary/aromatic N) is 2. The highest BCUT2D eigenvalue weighted by molar-refractivity contribution is 8.76. The molecule has 0 N–H and O–H groups in total. The highest BCUT2D eigenvalue weighted by Crippen LogP contribution is 2.27. The Morgan fingerprint density at radius 1 is 0.848 bits per heavy atom. The lowest BCUT2D eigenvalue weighted by molar-refractivity contribution is -0.138. The second kappa shape index (κ2) is 17.3. The van der Waals surface area contributed by atoms with E-state index in [0.717, 1.165) is 36.4 Å². The van der Waals surface area contributed by atoms with Crippen molar-refractivity contribution in [2.45, 2.75) is 51.9 Å². The molecule has 8 heteroatoms. The fourth-order valence-electron chi connectivity index (χ4n) is 4.31. The molecule has 2 aliphatic heterocycles. The summed E-state index contributed by atoms with van der Waals surface area (Å²) < 4.78 is 10.3. The number of likely N-dealkylation sites (tertiary alicyclic amines) is 2. The monoisotopic (exact) mass is 498 g/mol. The molecule has 2 fully saturated rings. The van der Waals surface area contributed by atoms with E-state index in [1.54, 1.807) is 40.7 Å². The van der Waals surface area contributed by atoms with Gasteiger partial charge in [-0.15, -0.1) is 0 Å². The summed E-state index contributed by atoms with van der Waals surface area (Å²) in [5.74, 6) is 2.64. The van der Waals surface area contributed by atoms with Crippen LogP contribution < -0.4 is 0 Å². The summed E-state index contributed by atoms with van der Waals surface area (Å²) in [6.07, 6.45) is 15.9. The largest absolute Gasteiger partial charge is 0.462 e. The van der Waals surface area contributed by atoms with Gasteiger partial charge in [-0.25, -0.2) is 9.59 Å². The molecule has 2 saturated heterocycles. The first-order chi connectivity index (χ1) is 16.1. The van der Waals surface area contributed by atoms with Crippen LogP contribution in [0.4, 0.5) is 0 Å². The first-order valence-electron chi connectivity index (χ1n) is 12.4. The minimum absolute atomic E-state index is 0.277. The number of hydrogen-bond acceptors (Lipinski definition) is 8. The summed E-state index contributed by atoms with van der Waals surface area (Å²) in [6.45, 7) is 7.17. The Kier molecular flexibility index (Phi) is 14.8. The predicted octanol–water partition coefficient (Wildman–Crippen LogP) is 4.77. The van der Waals surface area contributed by atoms with Crippen LogP contribution in [0.5, 0.6) is 0 Å².